The molecule has 1 aliphatic rings. The standard InChI is InChI=1S/C30H25N3O4/c1-20-3-2-4-22(17-20)19-37-25-7-5-24(6-8-25)28(34)26-27(23-11-15-32-16-12-23)33(30(36)29(26)35)18-21-9-13-31-14-10-21/h2-17,27,34H,18-19H2,1H3/b28-26+. The molecule has 1 fully saturated rings. The van der Waals surface area contributed by atoms with Gasteiger partial charge in [0.05, 0.1) is 11.6 Å². The number of aliphatic hydroxyl groups is 1. The molecule has 37 heavy (non-hydrogen) atoms. The monoisotopic (exact) mass is 491 g/mol. The van der Waals surface area contributed by atoms with E-state index in [0.29, 0.717) is 23.5 Å². The number of Topliss-reactive ketones (excluding diaryl/α,β-unsaturated/α-hetero) is 1. The third-order valence-electron chi connectivity index (χ3n) is 6.28. The Balaban J connectivity index is 1.45. The summed E-state index contributed by atoms with van der Waals surface area (Å²) in [7, 11) is 0. The van der Waals surface area contributed by atoms with E-state index >= 15 is 0 Å². The van der Waals surface area contributed by atoms with E-state index < -0.39 is 17.7 Å². The molecular weight excluding hydrogens is 466 g/mol. The molecule has 1 saturated heterocycles. The van der Waals surface area contributed by atoms with Crippen LogP contribution >= 0.6 is 0 Å². The smallest absolute Gasteiger partial charge is 0.295 e. The Kier molecular flexibility index (Phi) is 6.76. The van der Waals surface area contributed by atoms with Crippen LogP contribution in [0.4, 0.5) is 0 Å². The first-order valence-electron chi connectivity index (χ1n) is 11.9. The maximum atomic E-state index is 13.2. The van der Waals surface area contributed by atoms with Crippen molar-refractivity contribution >= 4 is 17.4 Å². The predicted molar refractivity (Wildman–Crippen MR) is 138 cm³/mol. The lowest BCUT2D eigenvalue weighted by atomic mass is 9.96. The number of carbonyl (C=O) groups excluding carboxylic acids is 2. The number of hydrogen-bond donors (Lipinski definition) is 1. The number of hydrogen-bond acceptors (Lipinski definition) is 6. The molecule has 2 aromatic carbocycles. The van der Waals surface area contributed by atoms with Gasteiger partial charge in [-0.05, 0) is 72.1 Å². The van der Waals surface area contributed by atoms with Gasteiger partial charge in [-0.2, -0.15) is 0 Å². The van der Waals surface area contributed by atoms with Crippen molar-refractivity contribution < 1.29 is 19.4 Å². The molecule has 4 aromatic rings. The second kappa shape index (κ2) is 10.5. The van der Waals surface area contributed by atoms with Gasteiger partial charge in [0.2, 0.25) is 0 Å². The zero-order chi connectivity index (χ0) is 25.8. The van der Waals surface area contributed by atoms with Crippen molar-refractivity contribution in [2.45, 2.75) is 26.1 Å². The van der Waals surface area contributed by atoms with Crippen molar-refractivity contribution in [3.8, 4) is 5.75 Å². The topological polar surface area (TPSA) is 92.6 Å². The van der Waals surface area contributed by atoms with E-state index in [9.17, 15) is 14.7 Å². The highest BCUT2D eigenvalue weighted by molar-refractivity contribution is 6.46. The van der Waals surface area contributed by atoms with Crippen LogP contribution in [-0.4, -0.2) is 31.7 Å². The van der Waals surface area contributed by atoms with Gasteiger partial charge in [0, 0.05) is 36.9 Å². The van der Waals surface area contributed by atoms with Crippen LogP contribution < -0.4 is 4.74 Å². The molecule has 0 spiro atoms. The van der Waals surface area contributed by atoms with Gasteiger partial charge in [-0.15, -0.1) is 0 Å². The summed E-state index contributed by atoms with van der Waals surface area (Å²) in [6.45, 7) is 2.64. The summed E-state index contributed by atoms with van der Waals surface area (Å²) in [5.41, 5.74) is 4.18. The van der Waals surface area contributed by atoms with E-state index in [2.05, 4.69) is 16.0 Å². The number of amides is 1. The number of likely N-dealkylation sites (tertiary alicyclic amines) is 1. The summed E-state index contributed by atoms with van der Waals surface area (Å²) < 4.78 is 5.88. The highest BCUT2D eigenvalue weighted by Gasteiger charge is 2.46. The number of ether oxygens (including phenoxy) is 1. The Morgan fingerprint density at radius 3 is 2.24 bits per heavy atom. The molecule has 1 N–H and O–H groups in total. The normalized spacial score (nSPS) is 16.7. The van der Waals surface area contributed by atoms with Gasteiger partial charge in [0.1, 0.15) is 18.1 Å². The van der Waals surface area contributed by atoms with Gasteiger partial charge in [0.15, 0.2) is 0 Å². The van der Waals surface area contributed by atoms with Crippen LogP contribution in [0.3, 0.4) is 0 Å². The molecule has 0 bridgehead atoms. The molecular formula is C30H25N3O4. The zero-order valence-electron chi connectivity index (χ0n) is 20.2. The van der Waals surface area contributed by atoms with Gasteiger partial charge >= 0.3 is 0 Å². The Labute approximate surface area is 214 Å². The molecule has 1 atom stereocenters. The van der Waals surface area contributed by atoms with E-state index in [1.807, 2.05) is 25.1 Å². The summed E-state index contributed by atoms with van der Waals surface area (Å²) in [5, 5.41) is 11.3. The minimum atomic E-state index is -0.756. The maximum absolute atomic E-state index is 13.2. The number of aryl methyl sites for hydroxylation is 1. The highest BCUT2D eigenvalue weighted by atomic mass is 16.5. The van der Waals surface area contributed by atoms with Crippen LogP contribution in [0.15, 0.2) is 103 Å². The molecule has 3 heterocycles. The zero-order valence-corrected chi connectivity index (χ0v) is 20.2. The first-order valence-corrected chi connectivity index (χ1v) is 11.9. The lowest BCUT2D eigenvalue weighted by Crippen LogP contribution is -2.29. The first kappa shape index (κ1) is 23.9. The fourth-order valence-corrected chi connectivity index (χ4v) is 4.45. The highest BCUT2D eigenvalue weighted by Crippen LogP contribution is 2.40. The van der Waals surface area contributed by atoms with Crippen molar-refractivity contribution in [1.29, 1.82) is 0 Å². The number of benzene rings is 2. The Morgan fingerprint density at radius 2 is 1.57 bits per heavy atom. The number of nitrogens with zero attached hydrogens (tertiary/aromatic N) is 3. The summed E-state index contributed by atoms with van der Waals surface area (Å²) in [5.74, 6) is -1.00. The van der Waals surface area contributed by atoms with Crippen LogP contribution in [0.1, 0.15) is 33.9 Å². The number of carbonyl (C=O) groups is 2. The molecule has 5 rings (SSSR count). The molecule has 1 unspecified atom stereocenters. The number of ketones is 1. The fraction of sp³-hybridized carbons (Fsp3) is 0.133. The van der Waals surface area contributed by atoms with Gasteiger partial charge in [-0.3, -0.25) is 19.6 Å². The lowest BCUT2D eigenvalue weighted by molar-refractivity contribution is -0.140. The van der Waals surface area contributed by atoms with Crippen molar-refractivity contribution in [2.24, 2.45) is 0 Å². The van der Waals surface area contributed by atoms with E-state index in [1.54, 1.807) is 73.3 Å². The third kappa shape index (κ3) is 5.11. The van der Waals surface area contributed by atoms with Crippen LogP contribution in [-0.2, 0) is 22.7 Å². The summed E-state index contributed by atoms with van der Waals surface area (Å²) >= 11 is 0. The molecule has 0 radical (unpaired) electrons. The number of rotatable bonds is 7. The summed E-state index contributed by atoms with van der Waals surface area (Å²) in [6.07, 6.45) is 6.47. The quantitative estimate of drug-likeness (QED) is 0.223. The molecule has 0 saturated carbocycles. The first-order chi connectivity index (χ1) is 18.0. The number of aromatic nitrogens is 2. The van der Waals surface area contributed by atoms with E-state index in [1.165, 1.54) is 4.90 Å². The minimum Gasteiger partial charge on any atom is -0.507 e. The number of pyridine rings is 2. The Morgan fingerprint density at radius 1 is 0.892 bits per heavy atom. The van der Waals surface area contributed by atoms with Crippen molar-refractivity contribution in [2.75, 3.05) is 0 Å². The predicted octanol–water partition coefficient (Wildman–Crippen LogP) is 4.99. The number of aliphatic hydroxyl groups excluding tert-OH is 1. The molecule has 184 valence electrons. The van der Waals surface area contributed by atoms with Gasteiger partial charge in [-0.25, -0.2) is 0 Å². The molecule has 7 nitrogen and oxygen atoms in total. The Bertz CT molecular complexity index is 1450. The molecule has 1 aliphatic heterocycles. The molecule has 1 amide bonds. The van der Waals surface area contributed by atoms with Gasteiger partial charge in [-0.1, -0.05) is 29.8 Å². The van der Waals surface area contributed by atoms with E-state index in [0.717, 1.165) is 16.7 Å². The van der Waals surface area contributed by atoms with Crippen molar-refractivity contribution in [3.05, 3.63) is 131 Å². The third-order valence-corrected chi connectivity index (χ3v) is 6.28. The van der Waals surface area contributed by atoms with Crippen molar-refractivity contribution in [3.63, 3.8) is 0 Å². The Hall–Kier alpha value is -4.78. The molecule has 7 heteroatoms. The maximum Gasteiger partial charge on any atom is 0.295 e. The minimum absolute atomic E-state index is 0.0404. The fourth-order valence-electron chi connectivity index (χ4n) is 4.45. The summed E-state index contributed by atoms with van der Waals surface area (Å²) in [6, 6.07) is 21.2. The second-order valence-corrected chi connectivity index (χ2v) is 8.87. The molecule has 2 aromatic heterocycles. The largest absolute Gasteiger partial charge is 0.507 e. The second-order valence-electron chi connectivity index (χ2n) is 8.87. The average molecular weight is 492 g/mol. The summed E-state index contributed by atoms with van der Waals surface area (Å²) in [4.78, 5) is 35.9. The lowest BCUT2D eigenvalue weighted by Gasteiger charge is -2.25. The van der Waals surface area contributed by atoms with Gasteiger partial charge < -0.3 is 14.7 Å². The van der Waals surface area contributed by atoms with Crippen LogP contribution in [0.25, 0.3) is 5.76 Å². The SMILES string of the molecule is Cc1cccc(COc2ccc(/C(O)=C3\C(=O)C(=O)N(Cc4ccncc4)C3c3ccncc3)cc2)c1. The van der Waals surface area contributed by atoms with Crippen LogP contribution in [0, 0.1) is 6.92 Å². The van der Waals surface area contributed by atoms with Crippen LogP contribution in [0.2, 0.25) is 0 Å². The average Bonchev–Trinajstić information content (AvgIpc) is 3.18. The van der Waals surface area contributed by atoms with E-state index in [-0.39, 0.29) is 17.9 Å². The van der Waals surface area contributed by atoms with Gasteiger partial charge in [0.25, 0.3) is 11.7 Å². The van der Waals surface area contributed by atoms with Crippen molar-refractivity contribution in [1.82, 2.24) is 14.9 Å². The molecule has 0 aliphatic carbocycles. The van der Waals surface area contributed by atoms with E-state index in [4.69, 9.17) is 4.74 Å². The van der Waals surface area contributed by atoms with Crippen LogP contribution in [0.5, 0.6) is 5.75 Å².